The number of amides is 1. The van der Waals surface area contributed by atoms with Crippen LogP contribution in [-0.4, -0.2) is 65.2 Å². The smallest absolute Gasteiger partial charge is 0.295 e. The highest BCUT2D eigenvalue weighted by Gasteiger charge is 2.46. The van der Waals surface area contributed by atoms with E-state index in [4.69, 9.17) is 14.6 Å². The van der Waals surface area contributed by atoms with E-state index in [-0.39, 0.29) is 43.2 Å². The number of nitrogens with zero attached hydrogens (tertiary/aromatic N) is 2. The number of hydrogen-bond acceptors (Lipinski definition) is 8. The Labute approximate surface area is 183 Å². The van der Waals surface area contributed by atoms with Crippen LogP contribution in [0.3, 0.4) is 0 Å². The van der Waals surface area contributed by atoms with Gasteiger partial charge in [0.05, 0.1) is 43.5 Å². The van der Waals surface area contributed by atoms with Crippen LogP contribution in [0, 0.1) is 10.1 Å². The molecular weight excluding hydrogens is 420 g/mol. The summed E-state index contributed by atoms with van der Waals surface area (Å²) < 4.78 is 10.7. The number of methoxy groups -OCH3 is 1. The normalized spacial score (nSPS) is 17.6. The van der Waals surface area contributed by atoms with Crippen molar-refractivity contribution in [3.63, 3.8) is 0 Å². The highest BCUT2D eigenvalue weighted by atomic mass is 16.6. The summed E-state index contributed by atoms with van der Waals surface area (Å²) in [6, 6.07) is 10.9. The summed E-state index contributed by atoms with van der Waals surface area (Å²) in [5.41, 5.74) is 0.310. The zero-order valence-corrected chi connectivity index (χ0v) is 17.3. The van der Waals surface area contributed by atoms with E-state index in [1.807, 2.05) is 0 Å². The Hall–Kier alpha value is -3.76. The maximum Gasteiger partial charge on any atom is 0.295 e. The van der Waals surface area contributed by atoms with Gasteiger partial charge in [-0.05, 0) is 18.2 Å². The first-order valence-electron chi connectivity index (χ1n) is 9.75. The lowest BCUT2D eigenvalue weighted by Gasteiger charge is -2.26. The van der Waals surface area contributed by atoms with Gasteiger partial charge in [-0.2, -0.15) is 0 Å². The first kappa shape index (κ1) is 22.9. The standard InChI is InChI=1S/C22H22N2O8/c1-31-17-5-3-2-4-16(17)19-18(20(26)14-6-8-15(9-7-14)24(29)30)21(27)22(28)23(19)10-12-32-13-11-25/h2-9,19,25-26H,10-13H2,1H3/b20-18+/t19-/m1/s1. The molecule has 168 valence electrons. The van der Waals surface area contributed by atoms with Gasteiger partial charge >= 0.3 is 0 Å². The first-order chi connectivity index (χ1) is 15.4. The van der Waals surface area contributed by atoms with Crippen LogP contribution in [0.25, 0.3) is 5.76 Å². The molecule has 1 aliphatic rings. The predicted molar refractivity (Wildman–Crippen MR) is 113 cm³/mol. The summed E-state index contributed by atoms with van der Waals surface area (Å²) in [6.45, 7) is -0.0118. The number of carbonyl (C=O) groups excluding carboxylic acids is 2. The van der Waals surface area contributed by atoms with E-state index in [1.54, 1.807) is 24.3 Å². The van der Waals surface area contributed by atoms with Crippen LogP contribution in [0.1, 0.15) is 17.2 Å². The molecule has 0 radical (unpaired) electrons. The number of non-ortho nitro benzene ring substituents is 1. The Morgan fingerprint density at radius 3 is 2.44 bits per heavy atom. The van der Waals surface area contributed by atoms with E-state index >= 15 is 0 Å². The molecule has 1 atom stereocenters. The number of rotatable bonds is 9. The number of nitro benzene ring substituents is 1. The minimum atomic E-state index is -0.959. The highest BCUT2D eigenvalue weighted by molar-refractivity contribution is 6.46. The number of carbonyl (C=O) groups is 2. The molecule has 0 aromatic heterocycles. The number of hydrogen-bond donors (Lipinski definition) is 2. The van der Waals surface area contributed by atoms with Crippen LogP contribution in [-0.2, 0) is 14.3 Å². The van der Waals surface area contributed by atoms with Gasteiger partial charge in [-0.25, -0.2) is 0 Å². The minimum absolute atomic E-state index is 0.0321. The van der Waals surface area contributed by atoms with Crippen LogP contribution < -0.4 is 4.74 Å². The topological polar surface area (TPSA) is 139 Å². The van der Waals surface area contributed by atoms with Crippen molar-refractivity contribution >= 4 is 23.1 Å². The molecule has 1 aliphatic heterocycles. The third-order valence-electron chi connectivity index (χ3n) is 5.04. The second kappa shape index (κ2) is 10.0. The molecule has 1 fully saturated rings. The lowest BCUT2D eigenvalue weighted by molar-refractivity contribution is -0.384. The van der Waals surface area contributed by atoms with Gasteiger partial charge in [0.15, 0.2) is 0 Å². The van der Waals surface area contributed by atoms with Crippen LogP contribution in [0.2, 0.25) is 0 Å². The van der Waals surface area contributed by atoms with Crippen molar-refractivity contribution in [3.05, 3.63) is 75.3 Å². The van der Waals surface area contributed by atoms with Crippen LogP contribution in [0.4, 0.5) is 5.69 Å². The van der Waals surface area contributed by atoms with Gasteiger partial charge in [-0.3, -0.25) is 19.7 Å². The summed E-state index contributed by atoms with van der Waals surface area (Å²) >= 11 is 0. The zero-order chi connectivity index (χ0) is 23.3. The number of ether oxygens (including phenoxy) is 2. The lowest BCUT2D eigenvalue weighted by Crippen LogP contribution is -2.33. The van der Waals surface area contributed by atoms with E-state index in [9.17, 15) is 24.8 Å². The largest absolute Gasteiger partial charge is 0.507 e. The molecule has 2 N–H and O–H groups in total. The fourth-order valence-electron chi connectivity index (χ4n) is 3.55. The van der Waals surface area contributed by atoms with Crippen molar-refractivity contribution in [3.8, 4) is 5.75 Å². The first-order valence-corrected chi connectivity index (χ1v) is 9.75. The molecule has 0 aliphatic carbocycles. The summed E-state index contributed by atoms with van der Waals surface area (Å²) in [6.07, 6.45) is 0. The average molecular weight is 442 g/mol. The Morgan fingerprint density at radius 1 is 1.12 bits per heavy atom. The number of para-hydroxylation sites is 1. The van der Waals surface area contributed by atoms with Crippen molar-refractivity contribution < 1.29 is 34.2 Å². The Balaban J connectivity index is 2.10. The molecule has 10 nitrogen and oxygen atoms in total. The van der Waals surface area contributed by atoms with Crippen LogP contribution >= 0.6 is 0 Å². The molecule has 3 rings (SSSR count). The van der Waals surface area contributed by atoms with Gasteiger partial charge in [0.2, 0.25) is 0 Å². The number of Topliss-reactive ketones (excluding diaryl/α,β-unsaturated/α-hetero) is 1. The zero-order valence-electron chi connectivity index (χ0n) is 17.3. The van der Waals surface area contributed by atoms with E-state index in [0.29, 0.717) is 11.3 Å². The second-order valence-electron chi connectivity index (χ2n) is 6.87. The molecule has 1 amide bonds. The van der Waals surface area contributed by atoms with Crippen molar-refractivity contribution in [2.24, 2.45) is 0 Å². The van der Waals surface area contributed by atoms with Crippen LogP contribution in [0.5, 0.6) is 5.75 Å². The number of benzene rings is 2. The Morgan fingerprint density at radius 2 is 1.81 bits per heavy atom. The molecule has 2 aromatic rings. The quantitative estimate of drug-likeness (QED) is 0.150. The average Bonchev–Trinajstić information content (AvgIpc) is 3.06. The van der Waals surface area contributed by atoms with E-state index in [0.717, 1.165) is 0 Å². The van der Waals surface area contributed by atoms with Gasteiger partial charge < -0.3 is 24.6 Å². The van der Waals surface area contributed by atoms with Crippen molar-refractivity contribution in [1.82, 2.24) is 4.90 Å². The molecule has 2 aromatic carbocycles. The van der Waals surface area contributed by atoms with Gasteiger partial charge in [0, 0.05) is 29.8 Å². The number of ketones is 1. The fraction of sp³-hybridized carbons (Fsp3) is 0.273. The van der Waals surface area contributed by atoms with Gasteiger partial charge in [-0.1, -0.05) is 18.2 Å². The van der Waals surface area contributed by atoms with Gasteiger partial charge in [-0.15, -0.1) is 0 Å². The molecule has 32 heavy (non-hydrogen) atoms. The maximum atomic E-state index is 12.9. The molecule has 1 heterocycles. The Kier molecular flexibility index (Phi) is 7.18. The third-order valence-corrected chi connectivity index (χ3v) is 5.04. The predicted octanol–water partition coefficient (Wildman–Crippen LogP) is 2.03. The molecular formula is C22H22N2O8. The summed E-state index contributed by atoms with van der Waals surface area (Å²) in [4.78, 5) is 37.4. The highest BCUT2D eigenvalue weighted by Crippen LogP contribution is 2.42. The number of aliphatic hydroxyl groups excluding tert-OH is 2. The minimum Gasteiger partial charge on any atom is -0.507 e. The molecule has 10 heteroatoms. The molecule has 1 saturated heterocycles. The SMILES string of the molecule is COc1ccccc1[C@@H]1/C(=C(\O)c2ccc([N+](=O)[O-])cc2)C(=O)C(=O)N1CCOCCO. The number of likely N-dealkylation sites (tertiary alicyclic amines) is 1. The summed E-state index contributed by atoms with van der Waals surface area (Å²) in [5.74, 6) is -1.75. The second-order valence-corrected chi connectivity index (χ2v) is 6.87. The summed E-state index contributed by atoms with van der Waals surface area (Å²) in [5, 5.41) is 30.8. The summed E-state index contributed by atoms with van der Waals surface area (Å²) in [7, 11) is 1.45. The molecule has 0 spiro atoms. The number of nitro groups is 1. The molecule has 0 unspecified atom stereocenters. The Bertz CT molecular complexity index is 1050. The van der Waals surface area contributed by atoms with Gasteiger partial charge in [0.1, 0.15) is 11.5 Å². The number of aliphatic hydroxyl groups is 2. The van der Waals surface area contributed by atoms with Crippen molar-refractivity contribution in [1.29, 1.82) is 0 Å². The van der Waals surface area contributed by atoms with E-state index < -0.39 is 28.4 Å². The van der Waals surface area contributed by atoms with Crippen LogP contribution in [0.15, 0.2) is 54.1 Å². The monoisotopic (exact) mass is 442 g/mol. The third kappa shape index (κ3) is 4.46. The van der Waals surface area contributed by atoms with E-state index in [2.05, 4.69) is 0 Å². The van der Waals surface area contributed by atoms with Crippen molar-refractivity contribution in [2.75, 3.05) is 33.5 Å². The van der Waals surface area contributed by atoms with Crippen molar-refractivity contribution in [2.45, 2.75) is 6.04 Å². The van der Waals surface area contributed by atoms with Gasteiger partial charge in [0.25, 0.3) is 17.4 Å². The van der Waals surface area contributed by atoms with E-state index in [1.165, 1.54) is 36.3 Å². The fourth-order valence-corrected chi connectivity index (χ4v) is 3.55. The lowest BCUT2D eigenvalue weighted by atomic mass is 9.94. The maximum absolute atomic E-state index is 12.9. The molecule has 0 saturated carbocycles. The molecule has 0 bridgehead atoms.